The van der Waals surface area contributed by atoms with E-state index in [4.69, 9.17) is 23.2 Å². The minimum absolute atomic E-state index is 0.140. The lowest BCUT2D eigenvalue weighted by Crippen LogP contribution is -2.39. The van der Waals surface area contributed by atoms with E-state index in [0.717, 1.165) is 43.8 Å². The molecular weight excluding hydrogens is 493 g/mol. The Kier molecular flexibility index (Phi) is 8.82. The number of nitrogens with one attached hydrogen (secondary N) is 1. The number of nitrogens with zero attached hydrogens (tertiary/aromatic N) is 2. The van der Waals surface area contributed by atoms with Gasteiger partial charge in [-0.15, -0.1) is 0 Å². The van der Waals surface area contributed by atoms with Crippen LogP contribution in [0.15, 0.2) is 51.1 Å². The van der Waals surface area contributed by atoms with Gasteiger partial charge in [0.15, 0.2) is 0 Å². The highest BCUT2D eigenvalue weighted by Crippen LogP contribution is 2.37. The van der Waals surface area contributed by atoms with Crippen molar-refractivity contribution < 1.29 is 13.3 Å². The number of hydrogen-bond acceptors (Lipinski definition) is 6. The highest BCUT2D eigenvalue weighted by molar-refractivity contribution is 8.00. The molecule has 1 fully saturated rings. The molecule has 1 heterocycles. The SMILES string of the molecule is CC1CCCCN1CCCNS(=O)(=O)c1cc([N+](=O)[O-])ccc1Sc1cc(Cl)cc(Cl)c1. The second-order valence-electron chi connectivity index (χ2n) is 7.73. The molecule has 0 saturated carbocycles. The van der Waals surface area contributed by atoms with Gasteiger partial charge in [-0.2, -0.15) is 0 Å². The van der Waals surface area contributed by atoms with Crippen molar-refractivity contribution in [3.05, 3.63) is 56.6 Å². The molecule has 1 aliphatic rings. The first-order valence-electron chi connectivity index (χ1n) is 10.3. The molecule has 2 aromatic rings. The van der Waals surface area contributed by atoms with Crippen LogP contribution in [0, 0.1) is 10.1 Å². The van der Waals surface area contributed by atoms with E-state index in [1.807, 2.05) is 0 Å². The molecule has 1 saturated heterocycles. The first-order valence-corrected chi connectivity index (χ1v) is 13.4. The third-order valence-electron chi connectivity index (χ3n) is 5.35. The highest BCUT2D eigenvalue weighted by atomic mass is 35.5. The predicted molar refractivity (Wildman–Crippen MR) is 128 cm³/mol. The Labute approximate surface area is 202 Å². The number of nitro benzene ring substituents is 1. The average Bonchev–Trinajstić information content (AvgIpc) is 2.71. The van der Waals surface area contributed by atoms with Crippen molar-refractivity contribution in [2.75, 3.05) is 19.6 Å². The van der Waals surface area contributed by atoms with Crippen LogP contribution in [0.4, 0.5) is 5.69 Å². The summed E-state index contributed by atoms with van der Waals surface area (Å²) in [6.45, 7) is 4.28. The molecule has 1 atom stereocenters. The Morgan fingerprint density at radius 1 is 1.19 bits per heavy atom. The summed E-state index contributed by atoms with van der Waals surface area (Å²) in [5, 5.41) is 12.1. The van der Waals surface area contributed by atoms with E-state index in [2.05, 4.69) is 16.5 Å². The topological polar surface area (TPSA) is 92.6 Å². The molecule has 0 aliphatic carbocycles. The third-order valence-corrected chi connectivity index (χ3v) is 8.46. The van der Waals surface area contributed by atoms with Gasteiger partial charge in [-0.3, -0.25) is 10.1 Å². The third kappa shape index (κ3) is 6.82. The molecule has 2 aromatic carbocycles. The van der Waals surface area contributed by atoms with Crippen molar-refractivity contribution >= 4 is 50.7 Å². The fourth-order valence-electron chi connectivity index (χ4n) is 3.68. The van der Waals surface area contributed by atoms with E-state index in [1.54, 1.807) is 18.2 Å². The van der Waals surface area contributed by atoms with E-state index in [9.17, 15) is 18.5 Å². The number of likely N-dealkylation sites (tertiary alicyclic amines) is 1. The molecule has 32 heavy (non-hydrogen) atoms. The molecule has 7 nitrogen and oxygen atoms in total. The molecule has 1 unspecified atom stereocenters. The zero-order valence-electron chi connectivity index (χ0n) is 17.6. The van der Waals surface area contributed by atoms with Crippen LogP contribution < -0.4 is 4.72 Å². The van der Waals surface area contributed by atoms with E-state index in [0.29, 0.717) is 32.3 Å². The van der Waals surface area contributed by atoms with E-state index < -0.39 is 14.9 Å². The largest absolute Gasteiger partial charge is 0.301 e. The summed E-state index contributed by atoms with van der Waals surface area (Å²) in [5.41, 5.74) is -0.291. The van der Waals surface area contributed by atoms with Gasteiger partial charge in [0.05, 0.1) is 4.92 Å². The first kappa shape index (κ1) is 25.3. The molecule has 3 rings (SSSR count). The molecule has 0 amide bonds. The monoisotopic (exact) mass is 517 g/mol. The van der Waals surface area contributed by atoms with Crippen LogP contribution in [0.2, 0.25) is 10.0 Å². The van der Waals surface area contributed by atoms with Crippen molar-refractivity contribution in [2.45, 2.75) is 53.3 Å². The number of nitro groups is 1. The number of benzene rings is 2. The number of piperidine rings is 1. The molecule has 0 bridgehead atoms. The average molecular weight is 518 g/mol. The fourth-order valence-corrected chi connectivity index (χ4v) is 6.88. The zero-order chi connectivity index (χ0) is 23.3. The molecule has 0 spiro atoms. The Balaban J connectivity index is 1.76. The second-order valence-corrected chi connectivity index (χ2v) is 11.5. The van der Waals surface area contributed by atoms with Crippen LogP contribution in [0.25, 0.3) is 0 Å². The van der Waals surface area contributed by atoms with Crippen LogP contribution >= 0.6 is 35.0 Å². The first-order chi connectivity index (χ1) is 15.2. The number of sulfonamides is 1. The van der Waals surface area contributed by atoms with Crippen molar-refractivity contribution in [2.24, 2.45) is 0 Å². The Morgan fingerprint density at radius 3 is 2.56 bits per heavy atom. The lowest BCUT2D eigenvalue weighted by Gasteiger charge is -2.33. The number of non-ortho nitro benzene ring substituents is 1. The molecule has 0 aromatic heterocycles. The fraction of sp³-hybridized carbons (Fsp3) is 0.429. The van der Waals surface area contributed by atoms with E-state index in [-0.39, 0.29) is 17.1 Å². The van der Waals surface area contributed by atoms with Gasteiger partial charge in [0.25, 0.3) is 5.69 Å². The summed E-state index contributed by atoms with van der Waals surface area (Å²) in [6, 6.07) is 9.19. The molecule has 174 valence electrons. The van der Waals surface area contributed by atoms with Crippen LogP contribution in [-0.4, -0.2) is 43.9 Å². The van der Waals surface area contributed by atoms with Gasteiger partial charge < -0.3 is 4.90 Å². The van der Waals surface area contributed by atoms with Crippen molar-refractivity contribution in [3.8, 4) is 0 Å². The van der Waals surface area contributed by atoms with Gasteiger partial charge in [0, 0.05) is 44.6 Å². The Bertz CT molecular complexity index is 1060. The summed E-state index contributed by atoms with van der Waals surface area (Å²) in [5.74, 6) is 0. The van der Waals surface area contributed by atoms with E-state index in [1.165, 1.54) is 18.6 Å². The van der Waals surface area contributed by atoms with Crippen molar-refractivity contribution in [1.29, 1.82) is 0 Å². The maximum absolute atomic E-state index is 13.1. The van der Waals surface area contributed by atoms with Crippen LogP contribution in [0.3, 0.4) is 0 Å². The van der Waals surface area contributed by atoms with Gasteiger partial charge >= 0.3 is 0 Å². The second kappa shape index (κ2) is 11.2. The molecule has 11 heteroatoms. The smallest absolute Gasteiger partial charge is 0.270 e. The Morgan fingerprint density at radius 2 is 1.91 bits per heavy atom. The summed E-state index contributed by atoms with van der Waals surface area (Å²) >= 11 is 13.2. The molecule has 1 aliphatic heterocycles. The number of hydrogen-bond donors (Lipinski definition) is 1. The lowest BCUT2D eigenvalue weighted by molar-refractivity contribution is -0.385. The highest BCUT2D eigenvalue weighted by Gasteiger charge is 2.23. The summed E-state index contributed by atoms with van der Waals surface area (Å²) in [6.07, 6.45) is 4.21. The lowest BCUT2D eigenvalue weighted by atomic mass is 10.0. The molecular formula is C21H25Cl2N3O4S2. The summed E-state index contributed by atoms with van der Waals surface area (Å²) in [7, 11) is -3.96. The van der Waals surface area contributed by atoms with Crippen molar-refractivity contribution in [1.82, 2.24) is 9.62 Å². The van der Waals surface area contributed by atoms with Gasteiger partial charge in [0.2, 0.25) is 10.0 Å². The molecule has 1 N–H and O–H groups in total. The normalized spacial score (nSPS) is 17.4. The number of halogens is 2. The van der Waals surface area contributed by atoms with Gasteiger partial charge in [-0.05, 0) is 63.5 Å². The molecule has 0 radical (unpaired) electrons. The van der Waals surface area contributed by atoms with Gasteiger partial charge in [-0.25, -0.2) is 13.1 Å². The standard InChI is InChI=1S/C21H25Cl2N3O4S2/c1-15-5-2-3-9-25(15)10-4-8-24-32(29,30)21-14-18(26(27)28)6-7-20(21)31-19-12-16(22)11-17(23)13-19/h6-7,11-15,24H,2-5,8-10H2,1H3. The van der Waals surface area contributed by atoms with Gasteiger partial charge in [-0.1, -0.05) is 41.4 Å². The quantitative estimate of drug-likeness (QED) is 0.264. The van der Waals surface area contributed by atoms with Crippen LogP contribution in [-0.2, 0) is 10.0 Å². The summed E-state index contributed by atoms with van der Waals surface area (Å²) < 4.78 is 28.7. The van der Waals surface area contributed by atoms with Crippen LogP contribution in [0.1, 0.15) is 32.6 Å². The van der Waals surface area contributed by atoms with Gasteiger partial charge in [0.1, 0.15) is 4.90 Å². The minimum Gasteiger partial charge on any atom is -0.301 e. The van der Waals surface area contributed by atoms with Crippen LogP contribution in [0.5, 0.6) is 0 Å². The van der Waals surface area contributed by atoms with E-state index >= 15 is 0 Å². The van der Waals surface area contributed by atoms with Crippen molar-refractivity contribution in [3.63, 3.8) is 0 Å². The minimum atomic E-state index is -3.96. The maximum atomic E-state index is 13.1. The predicted octanol–water partition coefficient (Wildman–Crippen LogP) is 5.60. The maximum Gasteiger partial charge on any atom is 0.270 e. The Hall–Kier alpha value is -1.36. The zero-order valence-corrected chi connectivity index (χ0v) is 20.7. The number of rotatable bonds is 9. The summed E-state index contributed by atoms with van der Waals surface area (Å²) in [4.78, 5) is 13.9.